The Balaban J connectivity index is 2.09. The van der Waals surface area contributed by atoms with Crippen molar-refractivity contribution in [3.05, 3.63) is 56.7 Å². The van der Waals surface area contributed by atoms with Crippen LogP contribution in [0.1, 0.15) is 5.69 Å². The molecule has 7 nitrogen and oxygen atoms in total. The van der Waals surface area contributed by atoms with E-state index in [1.54, 1.807) is 6.92 Å². The summed E-state index contributed by atoms with van der Waals surface area (Å²) in [7, 11) is 0. The Labute approximate surface area is 143 Å². The number of aromatic amines is 1. The number of rotatable bonds is 4. The quantitative estimate of drug-likeness (QED) is 0.732. The Morgan fingerprint density at radius 2 is 1.85 bits per heavy atom. The van der Waals surface area contributed by atoms with Gasteiger partial charge in [0, 0.05) is 18.3 Å². The Bertz CT molecular complexity index is 1060. The van der Waals surface area contributed by atoms with Gasteiger partial charge in [0.05, 0.1) is 23.2 Å². The average Bonchev–Trinajstić information content (AvgIpc) is 2.87. The van der Waals surface area contributed by atoms with Gasteiger partial charge in [-0.1, -0.05) is 0 Å². The van der Waals surface area contributed by atoms with Gasteiger partial charge < -0.3 is 14.4 Å². The van der Waals surface area contributed by atoms with Gasteiger partial charge in [0.1, 0.15) is 5.75 Å². The number of nitrogens with one attached hydrogen (secondary N) is 1. The Kier molecular flexibility index (Phi) is 4.36. The second-order valence-corrected chi connectivity index (χ2v) is 5.53. The minimum absolute atomic E-state index is 0.0503. The highest BCUT2D eigenvalue weighted by Gasteiger charge is 2.31. The fourth-order valence-corrected chi connectivity index (χ4v) is 2.77. The van der Waals surface area contributed by atoms with Crippen molar-refractivity contribution < 1.29 is 23.0 Å². The lowest BCUT2D eigenvalue weighted by Gasteiger charge is -2.09. The number of fused-ring (bicyclic) bond motifs is 1. The SMILES string of the molecule is Cc1c2c(=O)n(-c3ccc(OC(F)(F)F)cc3)[nH]c2cc(=O)n1CCO. The zero-order valence-electron chi connectivity index (χ0n) is 13.5. The summed E-state index contributed by atoms with van der Waals surface area (Å²) < 4.78 is 42.9. The number of aliphatic hydroxyl groups excluding tert-OH is 1. The predicted molar refractivity (Wildman–Crippen MR) is 86.7 cm³/mol. The topological polar surface area (TPSA) is 89.3 Å². The number of nitrogens with zero attached hydrogens (tertiary/aromatic N) is 2. The van der Waals surface area contributed by atoms with Crippen LogP contribution in [0.4, 0.5) is 13.2 Å². The molecule has 0 aliphatic carbocycles. The monoisotopic (exact) mass is 369 g/mol. The van der Waals surface area contributed by atoms with Gasteiger partial charge in [-0.15, -0.1) is 13.2 Å². The van der Waals surface area contributed by atoms with Gasteiger partial charge >= 0.3 is 6.36 Å². The van der Waals surface area contributed by atoms with E-state index < -0.39 is 17.7 Å². The maximum absolute atomic E-state index is 12.7. The van der Waals surface area contributed by atoms with Crippen LogP contribution in [-0.4, -0.2) is 32.4 Å². The third-order valence-corrected chi connectivity index (χ3v) is 3.87. The van der Waals surface area contributed by atoms with Crippen molar-refractivity contribution >= 4 is 10.9 Å². The van der Waals surface area contributed by atoms with E-state index in [1.165, 1.54) is 22.8 Å². The number of benzene rings is 1. The zero-order valence-corrected chi connectivity index (χ0v) is 13.5. The molecule has 2 heterocycles. The maximum atomic E-state index is 12.7. The molecule has 0 saturated heterocycles. The van der Waals surface area contributed by atoms with Crippen molar-refractivity contribution in [3.8, 4) is 11.4 Å². The summed E-state index contributed by atoms with van der Waals surface area (Å²) in [5, 5.41) is 12.1. The number of ether oxygens (including phenoxy) is 1. The van der Waals surface area contributed by atoms with Gasteiger partial charge in [-0.2, -0.15) is 0 Å². The summed E-state index contributed by atoms with van der Waals surface area (Å²) in [5.74, 6) is -0.413. The number of aliphatic hydroxyl groups is 1. The molecular weight excluding hydrogens is 355 g/mol. The van der Waals surface area contributed by atoms with Crippen LogP contribution in [-0.2, 0) is 6.54 Å². The fourth-order valence-electron chi connectivity index (χ4n) is 2.77. The number of pyridine rings is 1. The third kappa shape index (κ3) is 3.23. The molecular formula is C16H14F3N3O4. The Hall–Kier alpha value is -3.01. The lowest BCUT2D eigenvalue weighted by Crippen LogP contribution is -2.24. The normalized spacial score (nSPS) is 11.9. The van der Waals surface area contributed by atoms with Gasteiger partial charge in [-0.3, -0.25) is 14.7 Å². The highest BCUT2D eigenvalue weighted by atomic mass is 19.4. The number of hydrogen-bond acceptors (Lipinski definition) is 4. The molecule has 0 amide bonds. The first-order valence-corrected chi connectivity index (χ1v) is 7.53. The molecule has 10 heteroatoms. The molecule has 0 atom stereocenters. The summed E-state index contributed by atoms with van der Waals surface area (Å²) >= 11 is 0. The van der Waals surface area contributed by atoms with E-state index in [2.05, 4.69) is 9.84 Å². The average molecular weight is 369 g/mol. The summed E-state index contributed by atoms with van der Waals surface area (Å²) in [6, 6.07) is 5.97. The molecule has 0 unspecified atom stereocenters. The van der Waals surface area contributed by atoms with Gasteiger partial charge in [0.2, 0.25) is 0 Å². The molecule has 0 bridgehead atoms. The van der Waals surface area contributed by atoms with Crippen molar-refractivity contribution in [2.45, 2.75) is 19.8 Å². The van der Waals surface area contributed by atoms with E-state index in [4.69, 9.17) is 5.11 Å². The van der Waals surface area contributed by atoms with Crippen molar-refractivity contribution in [1.29, 1.82) is 0 Å². The summed E-state index contributed by atoms with van der Waals surface area (Å²) in [6.45, 7) is 1.37. The molecule has 2 aromatic heterocycles. The van der Waals surface area contributed by atoms with Crippen LogP contribution in [0.5, 0.6) is 5.75 Å². The van der Waals surface area contributed by atoms with E-state index in [-0.39, 0.29) is 29.8 Å². The second-order valence-electron chi connectivity index (χ2n) is 5.53. The van der Waals surface area contributed by atoms with E-state index in [9.17, 15) is 22.8 Å². The van der Waals surface area contributed by atoms with Crippen molar-refractivity contribution in [2.24, 2.45) is 0 Å². The van der Waals surface area contributed by atoms with Gasteiger partial charge in [0.25, 0.3) is 11.1 Å². The summed E-state index contributed by atoms with van der Waals surface area (Å²) in [5.41, 5.74) is 0.113. The third-order valence-electron chi connectivity index (χ3n) is 3.87. The summed E-state index contributed by atoms with van der Waals surface area (Å²) in [4.78, 5) is 24.7. The Morgan fingerprint density at radius 1 is 1.19 bits per heavy atom. The van der Waals surface area contributed by atoms with E-state index in [1.807, 2.05) is 0 Å². The second kappa shape index (κ2) is 6.37. The molecule has 2 N–H and O–H groups in total. The Morgan fingerprint density at radius 3 is 2.42 bits per heavy atom. The number of hydrogen-bond donors (Lipinski definition) is 2. The van der Waals surface area contributed by atoms with Crippen molar-refractivity contribution in [1.82, 2.24) is 14.3 Å². The molecule has 3 rings (SSSR count). The van der Waals surface area contributed by atoms with Gasteiger partial charge in [-0.25, -0.2) is 4.68 Å². The lowest BCUT2D eigenvalue weighted by molar-refractivity contribution is -0.274. The number of aryl methyl sites for hydroxylation is 1. The van der Waals surface area contributed by atoms with Crippen LogP contribution in [0, 0.1) is 6.92 Å². The van der Waals surface area contributed by atoms with Crippen LogP contribution >= 0.6 is 0 Å². The molecule has 26 heavy (non-hydrogen) atoms. The first-order valence-electron chi connectivity index (χ1n) is 7.53. The molecule has 0 saturated carbocycles. The van der Waals surface area contributed by atoms with Crippen molar-refractivity contribution in [3.63, 3.8) is 0 Å². The van der Waals surface area contributed by atoms with E-state index >= 15 is 0 Å². The number of aromatic nitrogens is 3. The predicted octanol–water partition coefficient (Wildman–Crippen LogP) is 1.68. The van der Waals surface area contributed by atoms with Gasteiger partial charge in [0.15, 0.2) is 0 Å². The zero-order chi connectivity index (χ0) is 19.1. The highest BCUT2D eigenvalue weighted by molar-refractivity contribution is 5.80. The molecule has 0 spiro atoms. The fraction of sp³-hybridized carbons (Fsp3) is 0.250. The molecule has 138 valence electrons. The lowest BCUT2D eigenvalue weighted by atomic mass is 10.2. The standard InChI is InChI=1S/C16H14F3N3O4/c1-9-14-12(8-13(24)21(9)6-7-23)20-22(15(14)25)10-2-4-11(5-3-10)26-16(17,18)19/h2-5,8,20,23H,6-7H2,1H3. The van der Waals surface area contributed by atoms with Gasteiger partial charge in [-0.05, 0) is 31.2 Å². The van der Waals surface area contributed by atoms with Crippen LogP contribution in [0.25, 0.3) is 16.6 Å². The number of alkyl halides is 3. The minimum atomic E-state index is -4.80. The number of H-pyrrole nitrogens is 1. The van der Waals surface area contributed by atoms with Crippen molar-refractivity contribution in [2.75, 3.05) is 6.61 Å². The number of halogens is 3. The summed E-state index contributed by atoms with van der Waals surface area (Å²) in [6.07, 6.45) is -4.80. The largest absolute Gasteiger partial charge is 0.573 e. The van der Waals surface area contributed by atoms with Crippen LogP contribution in [0.15, 0.2) is 39.9 Å². The molecule has 3 aromatic rings. The maximum Gasteiger partial charge on any atom is 0.573 e. The molecule has 0 aliphatic rings. The molecule has 1 aromatic carbocycles. The van der Waals surface area contributed by atoms with E-state index in [0.29, 0.717) is 11.2 Å². The molecule has 0 aliphatic heterocycles. The minimum Gasteiger partial charge on any atom is -0.406 e. The van der Waals surface area contributed by atoms with Crippen LogP contribution in [0.3, 0.4) is 0 Å². The van der Waals surface area contributed by atoms with Crippen LogP contribution in [0.2, 0.25) is 0 Å². The van der Waals surface area contributed by atoms with Crippen LogP contribution < -0.4 is 15.9 Å². The molecule has 0 radical (unpaired) electrons. The first kappa shape index (κ1) is 17.8. The van der Waals surface area contributed by atoms with E-state index in [0.717, 1.165) is 16.8 Å². The molecule has 0 fully saturated rings. The highest BCUT2D eigenvalue weighted by Crippen LogP contribution is 2.23. The first-order chi connectivity index (χ1) is 12.2. The smallest absolute Gasteiger partial charge is 0.406 e.